The van der Waals surface area contributed by atoms with Crippen LogP contribution in [0.4, 0.5) is 0 Å². The van der Waals surface area contributed by atoms with Crippen LogP contribution in [0, 0.1) is 0 Å². The molecule has 2 rings (SSSR count). The lowest BCUT2D eigenvalue weighted by Gasteiger charge is -2.11. The molecule has 2 N–H and O–H groups in total. The highest BCUT2D eigenvalue weighted by Crippen LogP contribution is 2.26. The normalized spacial score (nSPS) is 22.9. The van der Waals surface area contributed by atoms with Gasteiger partial charge in [-0.1, -0.05) is 24.3 Å². The largest absolute Gasteiger partial charge is 0.326 e. The van der Waals surface area contributed by atoms with E-state index in [1.165, 1.54) is 30.6 Å². The fraction of sp³-hybridized carbons (Fsp3) is 0.500. The van der Waals surface area contributed by atoms with Crippen LogP contribution in [0.3, 0.4) is 0 Å². The molecule has 1 saturated heterocycles. The van der Waals surface area contributed by atoms with Crippen LogP contribution in [0.5, 0.6) is 0 Å². The number of nitrogens with zero attached hydrogens (tertiary/aromatic N) is 1. The highest BCUT2D eigenvalue weighted by Gasteiger charge is 2.20. The summed E-state index contributed by atoms with van der Waals surface area (Å²) in [6, 6.07) is 8.75. The molecule has 0 bridgehead atoms. The zero-order valence-electron chi connectivity index (χ0n) is 8.74. The molecule has 1 fully saturated rings. The van der Waals surface area contributed by atoms with Gasteiger partial charge in [-0.15, -0.1) is 0 Å². The fourth-order valence-corrected chi connectivity index (χ4v) is 2.13. The Bertz CT molecular complexity index is 292. The smallest absolute Gasteiger partial charge is 0.0178 e. The van der Waals surface area contributed by atoms with Crippen molar-refractivity contribution in [1.82, 2.24) is 4.90 Å². The van der Waals surface area contributed by atoms with Gasteiger partial charge in [0.1, 0.15) is 0 Å². The summed E-state index contributed by atoms with van der Waals surface area (Å²) in [5, 5.41) is 0. The van der Waals surface area contributed by atoms with Gasteiger partial charge >= 0.3 is 0 Å². The predicted octanol–water partition coefficient (Wildman–Crippen LogP) is 1.56. The van der Waals surface area contributed by atoms with Crippen molar-refractivity contribution in [3.63, 3.8) is 0 Å². The molecule has 1 atom stereocenters. The second-order valence-corrected chi connectivity index (χ2v) is 4.19. The molecule has 0 spiro atoms. The Morgan fingerprint density at radius 1 is 1.36 bits per heavy atom. The Labute approximate surface area is 85.7 Å². The maximum absolute atomic E-state index is 5.57. The van der Waals surface area contributed by atoms with Crippen LogP contribution in [0.15, 0.2) is 24.3 Å². The van der Waals surface area contributed by atoms with Crippen molar-refractivity contribution in [3.05, 3.63) is 35.4 Å². The minimum atomic E-state index is 0.644. The van der Waals surface area contributed by atoms with Gasteiger partial charge in [0.25, 0.3) is 0 Å². The van der Waals surface area contributed by atoms with E-state index in [0.29, 0.717) is 6.54 Å². The third-order valence-electron chi connectivity index (χ3n) is 3.08. The van der Waals surface area contributed by atoms with Crippen LogP contribution in [0.25, 0.3) is 0 Å². The van der Waals surface area contributed by atoms with Gasteiger partial charge in [-0.05, 0) is 37.1 Å². The molecule has 14 heavy (non-hydrogen) atoms. The van der Waals surface area contributed by atoms with Crippen molar-refractivity contribution in [2.75, 3.05) is 20.1 Å². The summed E-state index contributed by atoms with van der Waals surface area (Å²) in [4.78, 5) is 2.39. The molecule has 0 saturated carbocycles. The number of benzene rings is 1. The Kier molecular flexibility index (Phi) is 2.85. The highest BCUT2D eigenvalue weighted by molar-refractivity contribution is 5.26. The van der Waals surface area contributed by atoms with Crippen LogP contribution < -0.4 is 5.73 Å². The molecule has 1 heterocycles. The first kappa shape index (κ1) is 9.69. The van der Waals surface area contributed by atoms with Gasteiger partial charge in [0.15, 0.2) is 0 Å². The number of likely N-dealkylation sites (N-methyl/N-ethyl adjacent to an activating group) is 1. The van der Waals surface area contributed by atoms with E-state index in [-0.39, 0.29) is 0 Å². The van der Waals surface area contributed by atoms with E-state index < -0.39 is 0 Å². The van der Waals surface area contributed by atoms with Gasteiger partial charge in [-0.2, -0.15) is 0 Å². The number of hydrogen-bond donors (Lipinski definition) is 1. The lowest BCUT2D eigenvalue weighted by Crippen LogP contribution is -2.13. The third kappa shape index (κ3) is 1.97. The first-order chi connectivity index (χ1) is 6.79. The Balaban J connectivity index is 2.09. The molecule has 0 aliphatic carbocycles. The molecule has 0 radical (unpaired) electrons. The summed E-state index contributed by atoms with van der Waals surface area (Å²) in [5.74, 6) is 0.729. The highest BCUT2D eigenvalue weighted by atomic mass is 15.1. The summed E-state index contributed by atoms with van der Waals surface area (Å²) in [6.45, 7) is 3.07. The van der Waals surface area contributed by atoms with Gasteiger partial charge < -0.3 is 10.6 Å². The first-order valence-electron chi connectivity index (χ1n) is 5.27. The maximum Gasteiger partial charge on any atom is 0.0178 e. The number of hydrogen-bond acceptors (Lipinski definition) is 2. The summed E-state index contributed by atoms with van der Waals surface area (Å²) >= 11 is 0. The van der Waals surface area contributed by atoms with Crippen LogP contribution in [0.2, 0.25) is 0 Å². The third-order valence-corrected chi connectivity index (χ3v) is 3.08. The number of rotatable bonds is 2. The molecule has 1 aliphatic rings. The van der Waals surface area contributed by atoms with E-state index in [9.17, 15) is 0 Å². The lowest BCUT2D eigenvalue weighted by molar-refractivity contribution is 0.411. The van der Waals surface area contributed by atoms with E-state index in [4.69, 9.17) is 5.73 Å². The van der Waals surface area contributed by atoms with Crippen molar-refractivity contribution < 1.29 is 0 Å². The Morgan fingerprint density at radius 2 is 2.07 bits per heavy atom. The van der Waals surface area contributed by atoms with Gasteiger partial charge in [-0.3, -0.25) is 0 Å². The molecule has 76 valence electrons. The van der Waals surface area contributed by atoms with E-state index in [1.807, 2.05) is 0 Å². The van der Waals surface area contributed by atoms with Gasteiger partial charge in [0.05, 0.1) is 0 Å². The number of likely N-dealkylation sites (tertiary alicyclic amines) is 1. The quantitative estimate of drug-likeness (QED) is 0.767. The van der Waals surface area contributed by atoms with Crippen LogP contribution in [-0.2, 0) is 6.54 Å². The predicted molar refractivity (Wildman–Crippen MR) is 59.2 cm³/mol. The zero-order valence-corrected chi connectivity index (χ0v) is 8.74. The minimum Gasteiger partial charge on any atom is -0.326 e. The molecule has 0 aromatic heterocycles. The Hall–Kier alpha value is -0.860. The SMILES string of the molecule is CN1CCC(c2ccc(CN)cc2)C1. The molecular weight excluding hydrogens is 172 g/mol. The van der Waals surface area contributed by atoms with E-state index in [0.717, 1.165) is 5.92 Å². The van der Waals surface area contributed by atoms with Gasteiger partial charge in [0, 0.05) is 13.1 Å². The Morgan fingerprint density at radius 3 is 2.57 bits per heavy atom. The second kappa shape index (κ2) is 4.11. The summed E-state index contributed by atoms with van der Waals surface area (Å²) in [5.41, 5.74) is 8.25. The summed E-state index contributed by atoms with van der Waals surface area (Å²) < 4.78 is 0. The maximum atomic E-state index is 5.57. The molecular formula is C12H18N2. The van der Waals surface area contributed by atoms with Crippen LogP contribution >= 0.6 is 0 Å². The zero-order chi connectivity index (χ0) is 9.97. The van der Waals surface area contributed by atoms with Gasteiger partial charge in [-0.25, -0.2) is 0 Å². The topological polar surface area (TPSA) is 29.3 Å². The standard InChI is InChI=1S/C12H18N2/c1-14-7-6-12(9-14)11-4-2-10(8-13)3-5-11/h2-5,12H,6-9,13H2,1H3. The molecule has 1 aromatic rings. The van der Waals surface area contributed by atoms with Crippen molar-refractivity contribution in [2.24, 2.45) is 5.73 Å². The summed E-state index contributed by atoms with van der Waals surface area (Å²) in [7, 11) is 2.19. The van der Waals surface area contributed by atoms with E-state index >= 15 is 0 Å². The van der Waals surface area contributed by atoms with Crippen LogP contribution in [-0.4, -0.2) is 25.0 Å². The van der Waals surface area contributed by atoms with E-state index in [1.54, 1.807) is 0 Å². The molecule has 1 aliphatic heterocycles. The number of nitrogens with two attached hydrogens (primary N) is 1. The summed E-state index contributed by atoms with van der Waals surface area (Å²) in [6.07, 6.45) is 1.29. The second-order valence-electron chi connectivity index (χ2n) is 4.19. The van der Waals surface area contributed by atoms with Gasteiger partial charge in [0.2, 0.25) is 0 Å². The molecule has 2 heteroatoms. The van der Waals surface area contributed by atoms with Crippen molar-refractivity contribution in [3.8, 4) is 0 Å². The average molecular weight is 190 g/mol. The molecule has 0 amide bonds. The minimum absolute atomic E-state index is 0.644. The fourth-order valence-electron chi connectivity index (χ4n) is 2.13. The van der Waals surface area contributed by atoms with E-state index in [2.05, 4.69) is 36.2 Å². The lowest BCUT2D eigenvalue weighted by atomic mass is 9.97. The van der Waals surface area contributed by atoms with Crippen molar-refractivity contribution in [1.29, 1.82) is 0 Å². The first-order valence-corrected chi connectivity index (χ1v) is 5.27. The molecule has 2 nitrogen and oxygen atoms in total. The van der Waals surface area contributed by atoms with Crippen molar-refractivity contribution in [2.45, 2.75) is 18.9 Å². The monoisotopic (exact) mass is 190 g/mol. The molecule has 1 aromatic carbocycles. The van der Waals surface area contributed by atoms with Crippen LogP contribution in [0.1, 0.15) is 23.5 Å². The van der Waals surface area contributed by atoms with Crippen molar-refractivity contribution >= 4 is 0 Å². The average Bonchev–Trinajstić information content (AvgIpc) is 2.65. The molecule has 1 unspecified atom stereocenters.